The number of nitrogens with one attached hydrogen (secondary N) is 2. The van der Waals surface area contributed by atoms with Crippen LogP contribution < -0.4 is 10.6 Å². The van der Waals surface area contributed by atoms with Crippen LogP contribution in [-0.4, -0.2) is 21.8 Å². The van der Waals surface area contributed by atoms with E-state index in [4.69, 9.17) is 0 Å². The Morgan fingerprint density at radius 2 is 1.76 bits per heavy atom. The summed E-state index contributed by atoms with van der Waals surface area (Å²) >= 11 is 1.22. The fraction of sp³-hybridized carbons (Fsp3) is 0.0909. The monoisotopic (exact) mass is 402 g/mol. The van der Waals surface area contributed by atoms with Crippen LogP contribution >= 0.6 is 11.3 Å². The van der Waals surface area contributed by atoms with Crippen molar-refractivity contribution in [2.24, 2.45) is 0 Å². The van der Waals surface area contributed by atoms with E-state index in [1.54, 1.807) is 17.6 Å². The van der Waals surface area contributed by atoms with Gasteiger partial charge in [-0.3, -0.25) is 14.6 Å². The standard InChI is InChI=1S/C22H18N4O2S/c27-19(12-11-15-6-2-1-3-7-15)26-22-25-18(14-29-22)21(28)24-17-10-4-8-16-9-5-13-23-20(16)17/h1-10,13-14H,11-12H2,(H,24,28)(H,25,26,27). The predicted molar refractivity (Wildman–Crippen MR) is 115 cm³/mol. The number of fused-ring (bicyclic) bond motifs is 1. The normalized spacial score (nSPS) is 10.6. The van der Waals surface area contributed by atoms with Crippen molar-refractivity contribution in [3.8, 4) is 0 Å². The number of para-hydroxylation sites is 1. The van der Waals surface area contributed by atoms with Crippen molar-refractivity contribution in [2.45, 2.75) is 12.8 Å². The second-order valence-corrected chi connectivity index (χ2v) is 7.26. The molecule has 0 spiro atoms. The third-order valence-electron chi connectivity index (χ3n) is 4.35. The van der Waals surface area contributed by atoms with Crippen LogP contribution in [0.5, 0.6) is 0 Å². The molecule has 0 aliphatic carbocycles. The van der Waals surface area contributed by atoms with Gasteiger partial charge in [-0.2, -0.15) is 0 Å². The Morgan fingerprint density at radius 3 is 2.62 bits per heavy atom. The molecular formula is C22H18N4O2S. The van der Waals surface area contributed by atoms with Gasteiger partial charge < -0.3 is 10.6 Å². The molecule has 0 radical (unpaired) electrons. The Balaban J connectivity index is 1.38. The summed E-state index contributed by atoms with van der Waals surface area (Å²) in [4.78, 5) is 33.3. The van der Waals surface area contributed by atoms with E-state index in [1.165, 1.54) is 11.3 Å². The van der Waals surface area contributed by atoms with Gasteiger partial charge in [0.05, 0.1) is 11.2 Å². The molecule has 144 valence electrons. The summed E-state index contributed by atoms with van der Waals surface area (Å²) in [7, 11) is 0. The number of anilines is 2. The fourth-order valence-corrected chi connectivity index (χ4v) is 3.62. The first-order chi connectivity index (χ1) is 14.2. The van der Waals surface area contributed by atoms with Crippen molar-refractivity contribution in [1.29, 1.82) is 0 Å². The minimum Gasteiger partial charge on any atom is -0.319 e. The van der Waals surface area contributed by atoms with E-state index in [9.17, 15) is 9.59 Å². The summed E-state index contributed by atoms with van der Waals surface area (Å²) < 4.78 is 0. The highest BCUT2D eigenvalue weighted by atomic mass is 32.1. The van der Waals surface area contributed by atoms with Gasteiger partial charge in [-0.1, -0.05) is 48.5 Å². The second kappa shape index (κ2) is 8.62. The van der Waals surface area contributed by atoms with Crippen LogP contribution in [0.1, 0.15) is 22.5 Å². The number of benzene rings is 2. The molecular weight excluding hydrogens is 384 g/mol. The average molecular weight is 402 g/mol. The zero-order valence-electron chi connectivity index (χ0n) is 15.5. The first kappa shape index (κ1) is 18.8. The predicted octanol–water partition coefficient (Wildman–Crippen LogP) is 4.51. The SMILES string of the molecule is O=C(CCc1ccccc1)Nc1nc(C(=O)Nc2cccc3cccnc23)cs1. The first-order valence-electron chi connectivity index (χ1n) is 9.13. The molecule has 2 aromatic carbocycles. The van der Waals surface area contributed by atoms with E-state index in [0.29, 0.717) is 29.2 Å². The fourth-order valence-electron chi connectivity index (χ4n) is 2.91. The van der Waals surface area contributed by atoms with Crippen molar-refractivity contribution in [3.63, 3.8) is 0 Å². The first-order valence-corrected chi connectivity index (χ1v) is 10.0. The molecule has 4 rings (SSSR count). The van der Waals surface area contributed by atoms with Crippen LogP contribution in [0.4, 0.5) is 10.8 Å². The summed E-state index contributed by atoms with van der Waals surface area (Å²) in [5.74, 6) is -0.474. The Bertz CT molecular complexity index is 1150. The van der Waals surface area contributed by atoms with Crippen LogP contribution in [0, 0.1) is 0 Å². The minimum atomic E-state index is -0.343. The number of thiazole rings is 1. The zero-order chi connectivity index (χ0) is 20.1. The van der Waals surface area contributed by atoms with Crippen LogP contribution in [-0.2, 0) is 11.2 Å². The highest BCUT2D eigenvalue weighted by Crippen LogP contribution is 2.22. The van der Waals surface area contributed by atoms with Gasteiger partial charge >= 0.3 is 0 Å². The van der Waals surface area contributed by atoms with Gasteiger partial charge in [0, 0.05) is 23.4 Å². The number of aryl methyl sites for hydroxylation is 1. The van der Waals surface area contributed by atoms with E-state index in [-0.39, 0.29) is 17.5 Å². The summed E-state index contributed by atoms with van der Waals surface area (Å²) in [6.45, 7) is 0. The third kappa shape index (κ3) is 4.64. The lowest BCUT2D eigenvalue weighted by Crippen LogP contribution is -2.14. The quantitative estimate of drug-likeness (QED) is 0.497. The largest absolute Gasteiger partial charge is 0.319 e. The minimum absolute atomic E-state index is 0.131. The number of rotatable bonds is 6. The number of carbonyl (C=O) groups is 2. The van der Waals surface area contributed by atoms with Crippen LogP contribution in [0.25, 0.3) is 10.9 Å². The van der Waals surface area contributed by atoms with E-state index in [2.05, 4.69) is 20.6 Å². The Labute approximate surface area is 171 Å². The lowest BCUT2D eigenvalue weighted by Gasteiger charge is -2.06. The smallest absolute Gasteiger partial charge is 0.275 e. The summed E-state index contributed by atoms with van der Waals surface area (Å²) in [6.07, 6.45) is 2.69. The molecule has 0 aliphatic heterocycles. The number of aromatic nitrogens is 2. The number of pyridine rings is 1. The van der Waals surface area contributed by atoms with Crippen molar-refractivity contribution >= 4 is 44.9 Å². The number of nitrogens with zero attached hydrogens (tertiary/aromatic N) is 2. The van der Waals surface area contributed by atoms with E-state index >= 15 is 0 Å². The molecule has 6 nitrogen and oxygen atoms in total. The maximum atomic E-state index is 12.6. The van der Waals surface area contributed by atoms with Crippen molar-refractivity contribution < 1.29 is 9.59 Å². The maximum Gasteiger partial charge on any atom is 0.275 e. The number of hydrogen-bond acceptors (Lipinski definition) is 5. The molecule has 29 heavy (non-hydrogen) atoms. The molecule has 0 unspecified atom stereocenters. The molecule has 4 aromatic rings. The van der Waals surface area contributed by atoms with Gasteiger partial charge in [-0.25, -0.2) is 4.98 Å². The molecule has 2 amide bonds. The summed E-state index contributed by atoms with van der Waals surface area (Å²) in [5, 5.41) is 8.57. The molecule has 0 saturated heterocycles. The van der Waals surface area contributed by atoms with Crippen LogP contribution in [0.15, 0.2) is 72.2 Å². The molecule has 0 atom stereocenters. The van der Waals surface area contributed by atoms with E-state index in [0.717, 1.165) is 10.9 Å². The van der Waals surface area contributed by atoms with Gasteiger partial charge in [0.1, 0.15) is 5.69 Å². The van der Waals surface area contributed by atoms with Crippen LogP contribution in [0.3, 0.4) is 0 Å². The lowest BCUT2D eigenvalue weighted by molar-refractivity contribution is -0.116. The maximum absolute atomic E-state index is 12.6. The number of amides is 2. The average Bonchev–Trinajstić information content (AvgIpc) is 3.22. The van der Waals surface area contributed by atoms with Crippen LogP contribution in [0.2, 0.25) is 0 Å². The highest BCUT2D eigenvalue weighted by Gasteiger charge is 2.14. The molecule has 7 heteroatoms. The number of carbonyl (C=O) groups excluding carboxylic acids is 2. The molecule has 2 aromatic heterocycles. The van der Waals surface area contributed by atoms with Gasteiger partial charge in [-0.15, -0.1) is 11.3 Å². The zero-order valence-corrected chi connectivity index (χ0v) is 16.3. The van der Waals surface area contributed by atoms with Gasteiger partial charge in [0.25, 0.3) is 5.91 Å². The van der Waals surface area contributed by atoms with Gasteiger partial charge in [0.15, 0.2) is 5.13 Å². The second-order valence-electron chi connectivity index (χ2n) is 6.41. The lowest BCUT2D eigenvalue weighted by atomic mass is 10.1. The topological polar surface area (TPSA) is 84.0 Å². The Hall–Kier alpha value is -3.58. The molecule has 0 aliphatic rings. The van der Waals surface area contributed by atoms with E-state index < -0.39 is 0 Å². The summed E-state index contributed by atoms with van der Waals surface area (Å²) in [6, 6.07) is 19.2. The van der Waals surface area contributed by atoms with Gasteiger partial charge in [-0.05, 0) is 24.1 Å². The Kier molecular flexibility index (Phi) is 5.58. The molecule has 0 fully saturated rings. The van der Waals surface area contributed by atoms with Gasteiger partial charge in [0.2, 0.25) is 5.91 Å². The Morgan fingerprint density at radius 1 is 0.931 bits per heavy atom. The third-order valence-corrected chi connectivity index (χ3v) is 5.11. The van der Waals surface area contributed by atoms with Crippen molar-refractivity contribution in [3.05, 3.63) is 83.5 Å². The molecule has 2 N–H and O–H groups in total. The molecule has 0 bridgehead atoms. The molecule has 2 heterocycles. The highest BCUT2D eigenvalue weighted by molar-refractivity contribution is 7.14. The van der Waals surface area contributed by atoms with Crippen molar-refractivity contribution in [1.82, 2.24) is 9.97 Å². The summed E-state index contributed by atoms with van der Waals surface area (Å²) in [5.41, 5.74) is 2.69. The van der Waals surface area contributed by atoms with Crippen molar-refractivity contribution in [2.75, 3.05) is 10.6 Å². The number of hydrogen-bond donors (Lipinski definition) is 2. The molecule has 0 saturated carbocycles. The van der Waals surface area contributed by atoms with E-state index in [1.807, 2.05) is 54.6 Å².